The third-order valence-corrected chi connectivity index (χ3v) is 3.27. The molecule has 4 nitrogen and oxygen atoms in total. The fourth-order valence-corrected chi connectivity index (χ4v) is 2.23. The van der Waals surface area contributed by atoms with Gasteiger partial charge in [-0.25, -0.2) is 0 Å². The smallest absolute Gasteiger partial charge is 0.274 e. The molecule has 0 radical (unpaired) electrons. The Morgan fingerprint density at radius 3 is 2.38 bits per heavy atom. The van der Waals surface area contributed by atoms with Crippen molar-refractivity contribution in [3.05, 3.63) is 46.8 Å². The second-order valence-corrected chi connectivity index (χ2v) is 5.00. The average Bonchev–Trinajstić information content (AvgIpc) is 2.51. The van der Waals surface area contributed by atoms with Gasteiger partial charge in [-0.3, -0.25) is 4.79 Å². The van der Waals surface area contributed by atoms with E-state index in [4.69, 9.17) is 10.5 Å². The van der Waals surface area contributed by atoms with Gasteiger partial charge in [0.15, 0.2) is 0 Å². The molecule has 2 rings (SSSR count). The van der Waals surface area contributed by atoms with Crippen LogP contribution in [0.2, 0.25) is 0 Å². The lowest BCUT2D eigenvalue weighted by molar-refractivity contribution is 0.317. The summed E-state index contributed by atoms with van der Waals surface area (Å²) >= 11 is 0. The maximum Gasteiger partial charge on any atom is 0.274 e. The molecule has 4 heteroatoms. The number of hydrogen-bond acceptors (Lipinski definition) is 3. The number of anilines is 1. The first kappa shape index (κ1) is 15.2. The number of nitrogens with zero attached hydrogens (tertiary/aromatic N) is 1. The van der Waals surface area contributed by atoms with Gasteiger partial charge in [0, 0.05) is 6.54 Å². The molecule has 0 atom stereocenters. The van der Waals surface area contributed by atoms with Gasteiger partial charge >= 0.3 is 0 Å². The van der Waals surface area contributed by atoms with Gasteiger partial charge in [-0.05, 0) is 54.8 Å². The molecule has 1 heterocycles. The summed E-state index contributed by atoms with van der Waals surface area (Å²) in [5, 5.41) is 0. The number of pyridine rings is 1. The summed E-state index contributed by atoms with van der Waals surface area (Å²) in [7, 11) is 0. The number of hydrogen-bond donors (Lipinski definition) is 1. The SMILES string of the molecule is CCCOc1ccc(-c2ccc(N)c(=O)n2CCC)cc1. The maximum absolute atomic E-state index is 12.2. The van der Waals surface area contributed by atoms with Gasteiger partial charge in [-0.2, -0.15) is 0 Å². The molecule has 0 aliphatic rings. The Morgan fingerprint density at radius 2 is 1.76 bits per heavy atom. The largest absolute Gasteiger partial charge is 0.494 e. The summed E-state index contributed by atoms with van der Waals surface area (Å²) < 4.78 is 7.31. The molecule has 0 spiro atoms. The lowest BCUT2D eigenvalue weighted by Crippen LogP contribution is -2.24. The molecule has 0 aliphatic carbocycles. The van der Waals surface area contributed by atoms with E-state index in [1.165, 1.54) is 0 Å². The molecule has 0 bridgehead atoms. The molecule has 21 heavy (non-hydrogen) atoms. The minimum Gasteiger partial charge on any atom is -0.494 e. The Morgan fingerprint density at radius 1 is 1.05 bits per heavy atom. The molecule has 0 unspecified atom stereocenters. The third kappa shape index (κ3) is 3.45. The van der Waals surface area contributed by atoms with Crippen molar-refractivity contribution in [2.45, 2.75) is 33.2 Å². The molecule has 2 aromatic rings. The van der Waals surface area contributed by atoms with Crippen LogP contribution in [0.5, 0.6) is 5.75 Å². The third-order valence-electron chi connectivity index (χ3n) is 3.27. The van der Waals surface area contributed by atoms with E-state index < -0.39 is 0 Å². The highest BCUT2D eigenvalue weighted by molar-refractivity contribution is 5.62. The zero-order valence-corrected chi connectivity index (χ0v) is 12.6. The summed E-state index contributed by atoms with van der Waals surface area (Å²) in [5.74, 6) is 0.848. The van der Waals surface area contributed by atoms with E-state index in [2.05, 4.69) is 6.92 Å². The summed E-state index contributed by atoms with van der Waals surface area (Å²) in [4.78, 5) is 12.2. The second-order valence-electron chi connectivity index (χ2n) is 5.00. The van der Waals surface area contributed by atoms with E-state index in [0.717, 1.165) is 29.8 Å². The van der Waals surface area contributed by atoms with Gasteiger partial charge in [0.2, 0.25) is 0 Å². The van der Waals surface area contributed by atoms with Gasteiger partial charge in [-0.15, -0.1) is 0 Å². The Kier molecular flexibility index (Phi) is 5.04. The Balaban J connectivity index is 2.37. The number of benzene rings is 1. The first-order valence-corrected chi connectivity index (χ1v) is 7.40. The van der Waals surface area contributed by atoms with Crippen molar-refractivity contribution >= 4 is 5.69 Å². The van der Waals surface area contributed by atoms with Crippen LogP contribution in [0.1, 0.15) is 26.7 Å². The van der Waals surface area contributed by atoms with Crippen LogP contribution < -0.4 is 16.0 Å². The maximum atomic E-state index is 12.2. The molecule has 0 saturated carbocycles. The average molecular weight is 286 g/mol. The number of aromatic nitrogens is 1. The highest BCUT2D eigenvalue weighted by Crippen LogP contribution is 2.22. The van der Waals surface area contributed by atoms with E-state index >= 15 is 0 Å². The minimum absolute atomic E-state index is 0.124. The molecule has 0 fully saturated rings. The Hall–Kier alpha value is -2.23. The van der Waals surface area contributed by atoms with Gasteiger partial charge in [0.1, 0.15) is 5.75 Å². The van der Waals surface area contributed by atoms with E-state index in [0.29, 0.717) is 13.2 Å². The predicted octanol–water partition coefficient (Wildman–Crippen LogP) is 3.30. The van der Waals surface area contributed by atoms with Gasteiger partial charge in [0.05, 0.1) is 18.0 Å². The predicted molar refractivity (Wildman–Crippen MR) is 86.6 cm³/mol. The number of nitrogens with two attached hydrogens (primary N) is 1. The molecule has 0 amide bonds. The highest BCUT2D eigenvalue weighted by Gasteiger charge is 2.08. The second kappa shape index (κ2) is 6.97. The van der Waals surface area contributed by atoms with Crippen molar-refractivity contribution in [2.24, 2.45) is 0 Å². The Bertz CT molecular complexity index is 645. The van der Waals surface area contributed by atoms with E-state index in [-0.39, 0.29) is 11.2 Å². The molecule has 1 aromatic carbocycles. The van der Waals surface area contributed by atoms with E-state index in [1.54, 1.807) is 10.6 Å². The molecular weight excluding hydrogens is 264 g/mol. The van der Waals surface area contributed by atoms with Crippen LogP contribution in [0.4, 0.5) is 5.69 Å². The quantitative estimate of drug-likeness (QED) is 0.886. The van der Waals surface area contributed by atoms with Gasteiger partial charge in [0.25, 0.3) is 5.56 Å². The van der Waals surface area contributed by atoms with E-state index in [1.807, 2.05) is 37.3 Å². The van der Waals surface area contributed by atoms with Crippen molar-refractivity contribution in [1.82, 2.24) is 4.57 Å². The zero-order valence-electron chi connectivity index (χ0n) is 12.6. The summed E-state index contributed by atoms with van der Waals surface area (Å²) in [6.45, 7) is 5.49. The van der Waals surface area contributed by atoms with Crippen molar-refractivity contribution < 1.29 is 4.74 Å². The van der Waals surface area contributed by atoms with Crippen LogP contribution in [-0.4, -0.2) is 11.2 Å². The van der Waals surface area contributed by atoms with Crippen LogP contribution in [-0.2, 0) is 6.54 Å². The molecule has 2 N–H and O–H groups in total. The summed E-state index contributed by atoms with van der Waals surface area (Å²) in [5.41, 5.74) is 7.76. The number of rotatable bonds is 6. The van der Waals surface area contributed by atoms with Crippen LogP contribution in [0.25, 0.3) is 11.3 Å². The van der Waals surface area contributed by atoms with Gasteiger partial charge in [-0.1, -0.05) is 13.8 Å². The topological polar surface area (TPSA) is 57.2 Å². The highest BCUT2D eigenvalue weighted by atomic mass is 16.5. The summed E-state index contributed by atoms with van der Waals surface area (Å²) in [6.07, 6.45) is 1.86. The zero-order chi connectivity index (χ0) is 15.2. The standard InChI is InChI=1S/C17H22N2O2/c1-3-11-19-16(10-9-15(18)17(19)20)13-5-7-14(8-6-13)21-12-4-2/h5-10H,3-4,11-12,18H2,1-2H3. The first-order valence-electron chi connectivity index (χ1n) is 7.40. The van der Waals surface area contributed by atoms with Crippen molar-refractivity contribution in [3.8, 4) is 17.0 Å². The summed E-state index contributed by atoms with van der Waals surface area (Å²) in [6, 6.07) is 11.4. The minimum atomic E-state index is -0.124. The van der Waals surface area contributed by atoms with E-state index in [9.17, 15) is 4.79 Å². The van der Waals surface area contributed by atoms with Crippen molar-refractivity contribution in [2.75, 3.05) is 12.3 Å². The van der Waals surface area contributed by atoms with Crippen LogP contribution >= 0.6 is 0 Å². The molecule has 0 aliphatic heterocycles. The number of ether oxygens (including phenoxy) is 1. The molecule has 0 saturated heterocycles. The van der Waals surface area contributed by atoms with Crippen LogP contribution in [0, 0.1) is 0 Å². The lowest BCUT2D eigenvalue weighted by Gasteiger charge is -2.13. The molecule has 1 aromatic heterocycles. The number of nitrogen functional groups attached to an aromatic ring is 1. The normalized spacial score (nSPS) is 10.6. The van der Waals surface area contributed by atoms with Crippen molar-refractivity contribution in [1.29, 1.82) is 0 Å². The lowest BCUT2D eigenvalue weighted by atomic mass is 10.1. The van der Waals surface area contributed by atoms with Crippen LogP contribution in [0.15, 0.2) is 41.2 Å². The Labute approximate surface area is 125 Å². The molecule has 112 valence electrons. The fourth-order valence-electron chi connectivity index (χ4n) is 2.23. The molecular formula is C17H22N2O2. The van der Waals surface area contributed by atoms with Gasteiger partial charge < -0.3 is 15.0 Å². The first-order chi connectivity index (χ1) is 10.2. The monoisotopic (exact) mass is 286 g/mol. The van der Waals surface area contributed by atoms with Crippen LogP contribution in [0.3, 0.4) is 0 Å². The fraction of sp³-hybridized carbons (Fsp3) is 0.353. The van der Waals surface area contributed by atoms with Crippen molar-refractivity contribution in [3.63, 3.8) is 0 Å².